The SMILES string of the molecule is CCOC(=O)c1cc(NC(=O)COc2ccc(C(C)C)cc2)ccc1N1CCOCC1. The highest BCUT2D eigenvalue weighted by Crippen LogP contribution is 2.26. The summed E-state index contributed by atoms with van der Waals surface area (Å²) in [6, 6.07) is 13.0. The zero-order chi connectivity index (χ0) is 22.2. The third kappa shape index (κ3) is 6.21. The number of rotatable bonds is 8. The molecular formula is C24H30N2O5. The summed E-state index contributed by atoms with van der Waals surface area (Å²) in [5.41, 5.74) is 2.93. The first-order valence-electron chi connectivity index (χ1n) is 10.6. The van der Waals surface area contributed by atoms with Crippen LogP contribution in [0.3, 0.4) is 0 Å². The van der Waals surface area contributed by atoms with E-state index in [9.17, 15) is 9.59 Å². The Morgan fingerprint density at radius 3 is 2.45 bits per heavy atom. The molecule has 0 saturated carbocycles. The van der Waals surface area contributed by atoms with Crippen LogP contribution in [0.15, 0.2) is 42.5 Å². The molecule has 2 aromatic carbocycles. The third-order valence-corrected chi connectivity index (χ3v) is 5.04. The maximum atomic E-state index is 12.5. The number of hydrogen-bond acceptors (Lipinski definition) is 6. The second-order valence-corrected chi connectivity index (χ2v) is 7.61. The van der Waals surface area contributed by atoms with Crippen molar-refractivity contribution in [3.05, 3.63) is 53.6 Å². The lowest BCUT2D eigenvalue weighted by atomic mass is 10.0. The fourth-order valence-corrected chi connectivity index (χ4v) is 3.36. The lowest BCUT2D eigenvalue weighted by Crippen LogP contribution is -2.37. The lowest BCUT2D eigenvalue weighted by Gasteiger charge is -2.30. The van der Waals surface area contributed by atoms with Gasteiger partial charge in [-0.2, -0.15) is 0 Å². The van der Waals surface area contributed by atoms with E-state index in [1.54, 1.807) is 19.1 Å². The summed E-state index contributed by atoms with van der Waals surface area (Å²) < 4.78 is 16.2. The topological polar surface area (TPSA) is 77.1 Å². The largest absolute Gasteiger partial charge is 0.484 e. The van der Waals surface area contributed by atoms with Crippen molar-refractivity contribution < 1.29 is 23.8 Å². The van der Waals surface area contributed by atoms with E-state index in [2.05, 4.69) is 24.1 Å². The van der Waals surface area contributed by atoms with E-state index in [1.165, 1.54) is 5.56 Å². The molecule has 0 aromatic heterocycles. The number of morpholine rings is 1. The minimum absolute atomic E-state index is 0.124. The van der Waals surface area contributed by atoms with E-state index in [1.807, 2.05) is 30.3 Å². The molecular weight excluding hydrogens is 396 g/mol. The van der Waals surface area contributed by atoms with Gasteiger partial charge in [-0.25, -0.2) is 4.79 Å². The van der Waals surface area contributed by atoms with E-state index < -0.39 is 5.97 Å². The van der Waals surface area contributed by atoms with Gasteiger partial charge in [0.15, 0.2) is 6.61 Å². The van der Waals surface area contributed by atoms with Crippen molar-refractivity contribution in [2.24, 2.45) is 0 Å². The molecule has 7 nitrogen and oxygen atoms in total. The van der Waals surface area contributed by atoms with Crippen LogP contribution >= 0.6 is 0 Å². The van der Waals surface area contributed by atoms with Gasteiger partial charge in [0.05, 0.1) is 31.1 Å². The average molecular weight is 427 g/mol. The Hall–Kier alpha value is -3.06. The number of carbonyl (C=O) groups excluding carboxylic acids is 2. The van der Waals surface area contributed by atoms with Gasteiger partial charge >= 0.3 is 5.97 Å². The Morgan fingerprint density at radius 2 is 1.81 bits per heavy atom. The molecule has 0 aliphatic carbocycles. The normalized spacial score (nSPS) is 13.7. The monoisotopic (exact) mass is 426 g/mol. The molecule has 2 aromatic rings. The van der Waals surface area contributed by atoms with Crippen LogP contribution in [0.1, 0.15) is 42.6 Å². The summed E-state index contributed by atoms with van der Waals surface area (Å²) >= 11 is 0. The van der Waals surface area contributed by atoms with Gasteiger partial charge in [-0.05, 0) is 48.7 Å². The van der Waals surface area contributed by atoms with Crippen molar-refractivity contribution in [2.45, 2.75) is 26.7 Å². The smallest absolute Gasteiger partial charge is 0.340 e. The van der Waals surface area contributed by atoms with Gasteiger partial charge in [-0.1, -0.05) is 26.0 Å². The van der Waals surface area contributed by atoms with Crippen molar-refractivity contribution >= 4 is 23.3 Å². The summed E-state index contributed by atoms with van der Waals surface area (Å²) in [5, 5.41) is 2.79. The standard InChI is InChI=1S/C24H30N2O5/c1-4-30-24(28)21-15-19(7-10-22(21)26-11-13-29-14-12-26)25-23(27)16-31-20-8-5-18(6-9-20)17(2)3/h5-10,15,17H,4,11-14,16H2,1-3H3,(H,25,27). The minimum atomic E-state index is -0.415. The van der Waals surface area contributed by atoms with Crippen LogP contribution in [0, 0.1) is 0 Å². The van der Waals surface area contributed by atoms with Crippen molar-refractivity contribution in [1.29, 1.82) is 0 Å². The highest BCUT2D eigenvalue weighted by atomic mass is 16.5. The van der Waals surface area contributed by atoms with E-state index in [-0.39, 0.29) is 19.1 Å². The summed E-state index contributed by atoms with van der Waals surface area (Å²) in [7, 11) is 0. The predicted octanol–water partition coefficient (Wildman–Crippen LogP) is 3.84. The van der Waals surface area contributed by atoms with Crippen molar-refractivity contribution in [2.75, 3.05) is 49.7 Å². The quantitative estimate of drug-likeness (QED) is 0.647. The van der Waals surface area contributed by atoms with E-state index >= 15 is 0 Å². The van der Waals surface area contributed by atoms with Gasteiger partial charge < -0.3 is 24.4 Å². The molecule has 1 amide bonds. The van der Waals surface area contributed by atoms with Gasteiger partial charge in [0.2, 0.25) is 0 Å². The van der Waals surface area contributed by atoms with Crippen LogP contribution in [0.5, 0.6) is 5.75 Å². The number of amides is 1. The second-order valence-electron chi connectivity index (χ2n) is 7.61. The van der Waals surface area contributed by atoms with Crippen molar-refractivity contribution in [1.82, 2.24) is 0 Å². The Labute approximate surface area is 183 Å². The summed E-state index contributed by atoms with van der Waals surface area (Å²) in [6.07, 6.45) is 0. The minimum Gasteiger partial charge on any atom is -0.484 e. The number of nitrogens with one attached hydrogen (secondary N) is 1. The van der Waals surface area contributed by atoms with E-state index in [0.717, 1.165) is 5.69 Å². The summed E-state index contributed by atoms with van der Waals surface area (Å²) in [6.45, 7) is 8.78. The number of hydrogen-bond donors (Lipinski definition) is 1. The molecule has 1 fully saturated rings. The highest BCUT2D eigenvalue weighted by Gasteiger charge is 2.20. The number of benzene rings is 2. The fraction of sp³-hybridized carbons (Fsp3) is 0.417. The number of anilines is 2. The molecule has 7 heteroatoms. The molecule has 0 spiro atoms. The highest BCUT2D eigenvalue weighted by molar-refractivity contribution is 5.99. The second kappa shape index (κ2) is 10.8. The maximum absolute atomic E-state index is 12.5. The lowest BCUT2D eigenvalue weighted by molar-refractivity contribution is -0.118. The van der Waals surface area contributed by atoms with Gasteiger partial charge in [-0.3, -0.25) is 4.79 Å². The van der Waals surface area contributed by atoms with E-state index in [4.69, 9.17) is 14.2 Å². The fourth-order valence-electron chi connectivity index (χ4n) is 3.36. The predicted molar refractivity (Wildman–Crippen MR) is 120 cm³/mol. The zero-order valence-corrected chi connectivity index (χ0v) is 18.3. The first-order chi connectivity index (χ1) is 15.0. The molecule has 0 atom stereocenters. The van der Waals surface area contributed by atoms with Crippen LogP contribution in [0.2, 0.25) is 0 Å². The van der Waals surface area contributed by atoms with Gasteiger partial charge in [-0.15, -0.1) is 0 Å². The van der Waals surface area contributed by atoms with Gasteiger partial charge in [0, 0.05) is 18.8 Å². The molecule has 0 unspecified atom stereocenters. The molecule has 0 bridgehead atoms. The maximum Gasteiger partial charge on any atom is 0.340 e. The molecule has 0 radical (unpaired) electrons. The first kappa shape index (κ1) is 22.6. The molecule has 31 heavy (non-hydrogen) atoms. The number of carbonyl (C=O) groups is 2. The Morgan fingerprint density at radius 1 is 1.10 bits per heavy atom. The Kier molecular flexibility index (Phi) is 7.89. The first-order valence-corrected chi connectivity index (χ1v) is 10.6. The number of nitrogens with zero attached hydrogens (tertiary/aromatic N) is 1. The summed E-state index contributed by atoms with van der Waals surface area (Å²) in [4.78, 5) is 27.0. The molecule has 3 rings (SSSR count). The molecule has 1 N–H and O–H groups in total. The molecule has 1 aliphatic rings. The third-order valence-electron chi connectivity index (χ3n) is 5.04. The molecule has 1 saturated heterocycles. The average Bonchev–Trinajstić information content (AvgIpc) is 2.78. The Bertz CT molecular complexity index is 889. The van der Waals surface area contributed by atoms with Gasteiger partial charge in [0.25, 0.3) is 5.91 Å². The molecule has 1 aliphatic heterocycles. The van der Waals surface area contributed by atoms with Crippen LogP contribution in [0.4, 0.5) is 11.4 Å². The van der Waals surface area contributed by atoms with Crippen molar-refractivity contribution in [3.63, 3.8) is 0 Å². The van der Waals surface area contributed by atoms with Crippen LogP contribution in [0.25, 0.3) is 0 Å². The van der Waals surface area contributed by atoms with Crippen LogP contribution in [-0.4, -0.2) is 51.4 Å². The zero-order valence-electron chi connectivity index (χ0n) is 18.3. The van der Waals surface area contributed by atoms with Crippen LogP contribution < -0.4 is 15.0 Å². The molecule has 1 heterocycles. The van der Waals surface area contributed by atoms with Crippen LogP contribution in [-0.2, 0) is 14.3 Å². The number of esters is 1. The van der Waals surface area contributed by atoms with Gasteiger partial charge in [0.1, 0.15) is 5.75 Å². The summed E-state index contributed by atoms with van der Waals surface area (Å²) in [5.74, 6) is 0.351. The van der Waals surface area contributed by atoms with Crippen molar-refractivity contribution in [3.8, 4) is 5.75 Å². The molecule has 166 valence electrons. The van der Waals surface area contributed by atoms with E-state index in [0.29, 0.717) is 49.2 Å². The number of ether oxygens (including phenoxy) is 3. The Balaban J connectivity index is 1.66.